The molecule has 0 saturated heterocycles. The van der Waals surface area contributed by atoms with Gasteiger partial charge in [0.15, 0.2) is 0 Å². The first-order chi connectivity index (χ1) is 11.9. The molecule has 0 fully saturated rings. The summed E-state index contributed by atoms with van der Waals surface area (Å²) in [6.07, 6.45) is 3.23. The molecule has 6 heteroatoms. The van der Waals surface area contributed by atoms with Crippen LogP contribution in [0.5, 0.6) is 0 Å². The Morgan fingerprint density at radius 1 is 1.12 bits per heavy atom. The highest BCUT2D eigenvalue weighted by Crippen LogP contribution is 2.22. The molecule has 0 aliphatic heterocycles. The van der Waals surface area contributed by atoms with E-state index >= 15 is 0 Å². The number of imidazole rings is 1. The molecule has 0 unspecified atom stereocenters. The highest BCUT2D eigenvalue weighted by atomic mass is 16.1. The van der Waals surface area contributed by atoms with Gasteiger partial charge in [-0.25, -0.2) is 4.98 Å². The average molecular weight is 334 g/mol. The number of hydrogen-bond donors (Lipinski definition) is 2. The largest absolute Gasteiger partial charge is 0.348 e. The minimum Gasteiger partial charge on any atom is -0.348 e. The Hall–Kier alpha value is -3.15. The first-order valence-corrected chi connectivity index (χ1v) is 8.08. The van der Waals surface area contributed by atoms with Crippen molar-refractivity contribution in [3.8, 4) is 0 Å². The fourth-order valence-corrected chi connectivity index (χ4v) is 3.15. The van der Waals surface area contributed by atoms with Gasteiger partial charge in [0.25, 0.3) is 11.1 Å². The van der Waals surface area contributed by atoms with Gasteiger partial charge in [0.1, 0.15) is 10.9 Å². The van der Waals surface area contributed by atoms with Crippen molar-refractivity contribution >= 4 is 22.5 Å². The number of nitrogens with zero attached hydrogens (tertiary/aromatic N) is 2. The summed E-state index contributed by atoms with van der Waals surface area (Å²) in [5.74, 6) is 0. The van der Waals surface area contributed by atoms with Crippen LogP contribution in [-0.2, 0) is 5.41 Å². The molecule has 2 N–H and O–H groups in total. The van der Waals surface area contributed by atoms with Crippen LogP contribution in [0.2, 0.25) is 0 Å². The van der Waals surface area contributed by atoms with Gasteiger partial charge in [0.2, 0.25) is 0 Å². The summed E-state index contributed by atoms with van der Waals surface area (Å²) in [6, 6.07) is 9.18. The summed E-state index contributed by atoms with van der Waals surface area (Å²) in [7, 11) is 0. The first kappa shape index (κ1) is 15.4. The second-order valence-electron chi connectivity index (χ2n) is 7.15. The summed E-state index contributed by atoms with van der Waals surface area (Å²) < 4.78 is 1.46. The van der Waals surface area contributed by atoms with E-state index in [0.717, 1.165) is 16.6 Å². The number of rotatable bonds is 1. The van der Waals surface area contributed by atoms with Crippen molar-refractivity contribution in [1.29, 1.82) is 0 Å². The summed E-state index contributed by atoms with van der Waals surface area (Å²) >= 11 is 0. The van der Waals surface area contributed by atoms with E-state index in [0.29, 0.717) is 11.2 Å². The van der Waals surface area contributed by atoms with Crippen molar-refractivity contribution in [2.45, 2.75) is 26.2 Å². The molecule has 0 aliphatic rings. The number of nitrogens with one attached hydrogen (secondary N) is 2. The van der Waals surface area contributed by atoms with Gasteiger partial charge >= 0.3 is 0 Å². The predicted octanol–water partition coefficient (Wildman–Crippen LogP) is 1.71. The van der Waals surface area contributed by atoms with E-state index in [9.17, 15) is 9.59 Å². The standard InChI is InChI=1S/C19H18N4O2/c1-19(2,3)16-12(20-10-21-16)9-13-18(25)23-14-7-5-4-6-11(14)8-15(23)17(24)22-13/h4-10H,1-3H3,(H,20,21)(H,22,24)/b13-9-. The van der Waals surface area contributed by atoms with E-state index in [4.69, 9.17) is 0 Å². The van der Waals surface area contributed by atoms with E-state index in [-0.39, 0.29) is 21.9 Å². The maximum atomic E-state index is 13.0. The molecule has 0 spiro atoms. The molecule has 6 nitrogen and oxygen atoms in total. The van der Waals surface area contributed by atoms with Gasteiger partial charge in [-0.1, -0.05) is 39.0 Å². The van der Waals surface area contributed by atoms with Crippen molar-refractivity contribution in [3.63, 3.8) is 0 Å². The number of H-pyrrole nitrogens is 2. The monoisotopic (exact) mass is 334 g/mol. The normalized spacial score (nSPS) is 13.2. The van der Waals surface area contributed by atoms with E-state index in [1.54, 1.807) is 18.5 Å². The van der Waals surface area contributed by atoms with Gasteiger partial charge < -0.3 is 9.97 Å². The maximum absolute atomic E-state index is 13.0. The fourth-order valence-electron chi connectivity index (χ4n) is 3.15. The van der Waals surface area contributed by atoms with Crippen molar-refractivity contribution in [3.05, 3.63) is 74.1 Å². The number of benzene rings is 1. The Kier molecular flexibility index (Phi) is 3.18. The van der Waals surface area contributed by atoms with Crippen molar-refractivity contribution in [2.75, 3.05) is 0 Å². The number of aromatic amines is 2. The van der Waals surface area contributed by atoms with Crippen LogP contribution in [0.1, 0.15) is 32.2 Å². The molecule has 1 aromatic carbocycles. The Morgan fingerprint density at radius 3 is 2.64 bits per heavy atom. The van der Waals surface area contributed by atoms with Gasteiger partial charge in [-0.3, -0.25) is 14.0 Å². The highest BCUT2D eigenvalue weighted by Gasteiger charge is 2.19. The number of aromatic nitrogens is 4. The van der Waals surface area contributed by atoms with E-state index < -0.39 is 0 Å². The van der Waals surface area contributed by atoms with Crippen LogP contribution in [0.4, 0.5) is 0 Å². The Labute approximate surface area is 142 Å². The van der Waals surface area contributed by atoms with Crippen LogP contribution in [0.15, 0.2) is 46.2 Å². The smallest absolute Gasteiger partial charge is 0.279 e. The van der Waals surface area contributed by atoms with Crippen LogP contribution in [-0.4, -0.2) is 19.4 Å². The van der Waals surface area contributed by atoms with Crippen molar-refractivity contribution < 1.29 is 0 Å². The molecule has 3 aromatic heterocycles. The molecule has 0 saturated carbocycles. The lowest BCUT2D eigenvalue weighted by Gasteiger charge is -2.16. The maximum Gasteiger partial charge on any atom is 0.279 e. The van der Waals surface area contributed by atoms with Crippen LogP contribution < -0.4 is 16.5 Å². The third-order valence-electron chi connectivity index (χ3n) is 4.32. The van der Waals surface area contributed by atoms with Crippen LogP contribution in [0.25, 0.3) is 22.5 Å². The van der Waals surface area contributed by atoms with Gasteiger partial charge in [0, 0.05) is 16.5 Å². The van der Waals surface area contributed by atoms with Crippen LogP contribution >= 0.6 is 0 Å². The number of hydrogen-bond acceptors (Lipinski definition) is 3. The summed E-state index contributed by atoms with van der Waals surface area (Å²) in [6.45, 7) is 6.17. The molecule has 25 heavy (non-hydrogen) atoms. The lowest BCUT2D eigenvalue weighted by atomic mass is 9.90. The summed E-state index contributed by atoms with van der Waals surface area (Å²) in [5.41, 5.74) is 1.91. The third kappa shape index (κ3) is 2.38. The molecule has 0 amide bonds. The SMILES string of the molecule is CC(C)(C)c1[nH]cnc1/C=c1\[nH]c(=O)c2cc3ccccc3n2c1=O. The molecule has 126 valence electrons. The molecule has 4 rings (SSSR count). The fraction of sp³-hybridized carbons (Fsp3) is 0.211. The Balaban J connectivity index is 2.09. The summed E-state index contributed by atoms with van der Waals surface area (Å²) in [5, 5.41) is 1.08. The quantitative estimate of drug-likeness (QED) is 0.556. The highest BCUT2D eigenvalue weighted by molar-refractivity contribution is 5.86. The molecular formula is C19H18N4O2. The van der Waals surface area contributed by atoms with Gasteiger partial charge in [0.05, 0.1) is 17.5 Å². The second-order valence-corrected chi connectivity index (χ2v) is 7.15. The van der Waals surface area contributed by atoms with E-state index in [1.807, 2.05) is 24.3 Å². The van der Waals surface area contributed by atoms with Gasteiger partial charge in [-0.05, 0) is 18.2 Å². The molecule has 4 aromatic rings. The van der Waals surface area contributed by atoms with Gasteiger partial charge in [-0.15, -0.1) is 0 Å². The van der Waals surface area contributed by atoms with Crippen LogP contribution in [0.3, 0.4) is 0 Å². The first-order valence-electron chi connectivity index (χ1n) is 8.08. The Bertz CT molecular complexity index is 1270. The third-order valence-corrected chi connectivity index (χ3v) is 4.32. The summed E-state index contributed by atoms with van der Waals surface area (Å²) in [4.78, 5) is 35.5. The average Bonchev–Trinajstić information content (AvgIpc) is 3.16. The van der Waals surface area contributed by atoms with Gasteiger partial charge in [-0.2, -0.15) is 0 Å². The number of para-hydroxylation sites is 1. The zero-order chi connectivity index (χ0) is 17.8. The van der Waals surface area contributed by atoms with E-state index in [2.05, 4.69) is 35.7 Å². The molecular weight excluding hydrogens is 316 g/mol. The van der Waals surface area contributed by atoms with Crippen molar-refractivity contribution in [1.82, 2.24) is 19.4 Å². The van der Waals surface area contributed by atoms with E-state index in [1.165, 1.54) is 4.40 Å². The lowest BCUT2D eigenvalue weighted by molar-refractivity contribution is 0.571. The predicted molar refractivity (Wildman–Crippen MR) is 97.9 cm³/mol. The number of fused-ring (bicyclic) bond motifs is 3. The second kappa shape index (κ2) is 5.17. The minimum absolute atomic E-state index is 0.157. The molecule has 0 bridgehead atoms. The molecule has 0 radical (unpaired) electrons. The zero-order valence-electron chi connectivity index (χ0n) is 14.3. The Morgan fingerprint density at radius 2 is 1.88 bits per heavy atom. The molecule has 3 heterocycles. The zero-order valence-corrected chi connectivity index (χ0v) is 14.3. The topological polar surface area (TPSA) is 83.0 Å². The van der Waals surface area contributed by atoms with Crippen molar-refractivity contribution in [2.24, 2.45) is 0 Å². The minimum atomic E-state index is -0.296. The molecule has 0 aliphatic carbocycles. The molecule has 0 atom stereocenters. The van der Waals surface area contributed by atoms with Crippen LogP contribution in [0, 0.1) is 0 Å². The lowest BCUT2D eigenvalue weighted by Crippen LogP contribution is -2.39.